The molecular formula is C4H13AlO. The Morgan fingerprint density at radius 3 is 2.67 bits per heavy atom. The summed E-state index contributed by atoms with van der Waals surface area (Å²) in [4.78, 5) is 0. The lowest BCUT2D eigenvalue weighted by atomic mass is 10.4. The SMILES string of the molecule is CCCC[O][AlH2].[HH]. The van der Waals surface area contributed by atoms with E-state index >= 15 is 0 Å². The summed E-state index contributed by atoms with van der Waals surface area (Å²) < 4.78 is 4.92. The maximum Gasteiger partial charge on any atom is 0.410 e. The lowest BCUT2D eigenvalue weighted by Crippen LogP contribution is -1.85. The van der Waals surface area contributed by atoms with E-state index in [1.807, 2.05) is 0 Å². The van der Waals surface area contributed by atoms with Crippen molar-refractivity contribution in [2.24, 2.45) is 0 Å². The molecule has 0 aliphatic rings. The van der Waals surface area contributed by atoms with Gasteiger partial charge in [0.15, 0.2) is 0 Å². The summed E-state index contributed by atoms with van der Waals surface area (Å²) in [5.41, 5.74) is 0. The van der Waals surface area contributed by atoms with Crippen molar-refractivity contribution >= 4 is 16.6 Å². The molecule has 0 fully saturated rings. The fourth-order valence-electron chi connectivity index (χ4n) is 0.289. The third-order valence-corrected chi connectivity index (χ3v) is 1.11. The molecule has 0 atom stereocenters. The van der Waals surface area contributed by atoms with Crippen LogP contribution in [0.25, 0.3) is 0 Å². The maximum absolute atomic E-state index is 4.92. The van der Waals surface area contributed by atoms with Gasteiger partial charge >= 0.3 is 16.6 Å². The van der Waals surface area contributed by atoms with Crippen molar-refractivity contribution < 1.29 is 5.22 Å². The van der Waals surface area contributed by atoms with Gasteiger partial charge in [-0.1, -0.05) is 13.3 Å². The molecule has 0 saturated heterocycles. The highest BCUT2D eigenvalue weighted by Crippen LogP contribution is 1.82. The van der Waals surface area contributed by atoms with Crippen molar-refractivity contribution in [1.82, 2.24) is 0 Å². The molecule has 0 rings (SSSR count). The van der Waals surface area contributed by atoms with Crippen LogP contribution in [-0.4, -0.2) is 23.2 Å². The fourth-order valence-corrected chi connectivity index (χ4v) is 0.577. The predicted octanol–water partition coefficient (Wildman–Crippen LogP) is 0.597. The van der Waals surface area contributed by atoms with Crippen LogP contribution in [0.15, 0.2) is 0 Å². The van der Waals surface area contributed by atoms with Crippen molar-refractivity contribution in [3.05, 3.63) is 0 Å². The highest BCUT2D eigenvalue weighted by molar-refractivity contribution is 5.97. The first-order valence-electron chi connectivity index (χ1n) is 2.40. The second kappa shape index (κ2) is 5.49. The van der Waals surface area contributed by atoms with Gasteiger partial charge < -0.3 is 3.79 Å². The van der Waals surface area contributed by atoms with Crippen LogP contribution in [0.3, 0.4) is 0 Å². The van der Waals surface area contributed by atoms with E-state index in [0.29, 0.717) is 0 Å². The highest BCUT2D eigenvalue weighted by atomic mass is 27.1. The number of rotatable bonds is 3. The Labute approximate surface area is 48.9 Å². The van der Waals surface area contributed by atoms with E-state index in [0.717, 1.165) is 23.2 Å². The minimum absolute atomic E-state index is 0. The summed E-state index contributed by atoms with van der Waals surface area (Å²) >= 11 is 0.903. The zero-order valence-corrected chi connectivity index (χ0v) is 6.53. The Kier molecular flexibility index (Phi) is 5.94. The highest BCUT2D eigenvalue weighted by Gasteiger charge is 1.74. The summed E-state index contributed by atoms with van der Waals surface area (Å²) in [7, 11) is 0. The van der Waals surface area contributed by atoms with Crippen molar-refractivity contribution in [2.75, 3.05) is 6.61 Å². The van der Waals surface area contributed by atoms with Gasteiger partial charge in [0.05, 0.1) is 0 Å². The molecule has 0 radical (unpaired) electrons. The molecule has 0 unspecified atom stereocenters. The topological polar surface area (TPSA) is 9.23 Å². The van der Waals surface area contributed by atoms with E-state index in [9.17, 15) is 0 Å². The first kappa shape index (κ1) is 6.49. The Bertz CT molecular complexity index is 23.7. The molecular weight excluding hydrogens is 91.0 g/mol. The van der Waals surface area contributed by atoms with Crippen LogP contribution in [0.2, 0.25) is 0 Å². The standard InChI is InChI=1S/C4H9O.Al.H2.2H/c1-2-3-4-5;;;;/h2-4H2,1H3;;1H;;/q-1;+1;;;. The molecule has 0 aromatic carbocycles. The van der Waals surface area contributed by atoms with Crippen LogP contribution < -0.4 is 0 Å². The van der Waals surface area contributed by atoms with E-state index in [4.69, 9.17) is 3.79 Å². The Morgan fingerprint density at radius 2 is 2.50 bits per heavy atom. The third-order valence-electron chi connectivity index (χ3n) is 0.702. The summed E-state index contributed by atoms with van der Waals surface area (Å²) in [5, 5.41) is 0. The smallest absolute Gasteiger partial charge is 0.410 e. The molecule has 1 nitrogen and oxygen atoms in total. The average Bonchev–Trinajstić information content (AvgIpc) is 1.61. The summed E-state index contributed by atoms with van der Waals surface area (Å²) in [5.74, 6) is 0. The molecule has 0 spiro atoms. The molecule has 0 saturated carbocycles. The van der Waals surface area contributed by atoms with Crippen LogP contribution in [-0.2, 0) is 3.79 Å². The van der Waals surface area contributed by atoms with E-state index < -0.39 is 0 Å². The van der Waals surface area contributed by atoms with Crippen LogP contribution in [0.4, 0.5) is 0 Å². The number of hydrogen-bond donors (Lipinski definition) is 0. The average molecular weight is 104 g/mol. The Balaban J connectivity index is 0. The quantitative estimate of drug-likeness (QED) is 0.376. The first-order valence-corrected chi connectivity index (χ1v) is 3.22. The minimum Gasteiger partial charge on any atom is -0.506 e. The molecule has 0 heterocycles. The van der Waals surface area contributed by atoms with Crippen LogP contribution in [0, 0.1) is 0 Å². The largest absolute Gasteiger partial charge is 0.506 e. The molecule has 2 heteroatoms. The van der Waals surface area contributed by atoms with E-state index in [1.54, 1.807) is 0 Å². The molecule has 6 heavy (non-hydrogen) atoms. The Morgan fingerprint density at radius 1 is 1.83 bits per heavy atom. The van der Waals surface area contributed by atoms with E-state index in [2.05, 4.69) is 6.92 Å². The van der Waals surface area contributed by atoms with Crippen LogP contribution >= 0.6 is 0 Å². The fraction of sp³-hybridized carbons (Fsp3) is 1.00. The maximum atomic E-state index is 4.92. The summed E-state index contributed by atoms with van der Waals surface area (Å²) in [6, 6.07) is 0. The lowest BCUT2D eigenvalue weighted by molar-refractivity contribution is 0.339. The van der Waals surface area contributed by atoms with Gasteiger partial charge in [-0.05, 0) is 6.42 Å². The van der Waals surface area contributed by atoms with Gasteiger partial charge in [0.1, 0.15) is 0 Å². The Hall–Kier alpha value is 0.492. The zero-order chi connectivity index (χ0) is 4.83. The molecule has 0 bridgehead atoms. The van der Waals surface area contributed by atoms with Crippen molar-refractivity contribution in [2.45, 2.75) is 19.8 Å². The monoisotopic (exact) mass is 104 g/mol. The predicted molar refractivity (Wildman–Crippen MR) is 31.5 cm³/mol. The second-order valence-electron chi connectivity index (χ2n) is 1.35. The molecule has 0 amide bonds. The van der Waals surface area contributed by atoms with Gasteiger partial charge in [-0.3, -0.25) is 0 Å². The molecule has 38 valence electrons. The van der Waals surface area contributed by atoms with Gasteiger partial charge in [-0.2, -0.15) is 0 Å². The lowest BCUT2D eigenvalue weighted by Gasteiger charge is -1.91. The summed E-state index contributed by atoms with van der Waals surface area (Å²) in [6.45, 7) is 3.14. The minimum atomic E-state index is 0. The van der Waals surface area contributed by atoms with E-state index in [1.165, 1.54) is 12.8 Å². The van der Waals surface area contributed by atoms with Crippen molar-refractivity contribution in [1.29, 1.82) is 0 Å². The first-order chi connectivity index (χ1) is 2.91. The van der Waals surface area contributed by atoms with E-state index in [-0.39, 0.29) is 1.43 Å². The molecule has 0 aliphatic heterocycles. The molecule has 0 N–H and O–H groups in total. The van der Waals surface area contributed by atoms with Crippen molar-refractivity contribution in [3.63, 3.8) is 0 Å². The van der Waals surface area contributed by atoms with Gasteiger partial charge in [-0.15, -0.1) is 0 Å². The van der Waals surface area contributed by atoms with Gasteiger partial charge in [0.2, 0.25) is 0 Å². The molecule has 0 aliphatic carbocycles. The zero-order valence-electron chi connectivity index (χ0n) is 4.53. The van der Waals surface area contributed by atoms with Crippen molar-refractivity contribution in [3.8, 4) is 0 Å². The molecule has 0 aromatic heterocycles. The van der Waals surface area contributed by atoms with Gasteiger partial charge in [0.25, 0.3) is 0 Å². The second-order valence-corrected chi connectivity index (χ2v) is 1.92. The normalized spacial score (nSPS) is 8.83. The van der Waals surface area contributed by atoms with Gasteiger partial charge in [-0.25, -0.2) is 0 Å². The third kappa shape index (κ3) is 4.49. The van der Waals surface area contributed by atoms with Crippen LogP contribution in [0.5, 0.6) is 0 Å². The number of hydrogen-bond acceptors (Lipinski definition) is 1. The molecule has 0 aromatic rings. The van der Waals surface area contributed by atoms with Gasteiger partial charge in [0, 0.05) is 8.03 Å². The number of unbranched alkanes of at least 4 members (excludes halogenated alkanes) is 1. The summed E-state index contributed by atoms with van der Waals surface area (Å²) in [6.07, 6.45) is 2.48. The van der Waals surface area contributed by atoms with Crippen LogP contribution in [0.1, 0.15) is 21.2 Å².